The molecule has 10 heteroatoms. The highest BCUT2D eigenvalue weighted by Gasteiger charge is 2.28. The monoisotopic (exact) mass is 546 g/mol. The molecule has 3 aromatic carbocycles. The number of para-hydroxylation sites is 1. The molecule has 4 aromatic rings. The van der Waals surface area contributed by atoms with E-state index in [2.05, 4.69) is 9.71 Å². The zero-order valence-corrected chi connectivity index (χ0v) is 22.3. The van der Waals surface area contributed by atoms with Crippen molar-refractivity contribution >= 4 is 40.4 Å². The van der Waals surface area contributed by atoms with Crippen LogP contribution in [0.4, 0.5) is 10.1 Å². The van der Waals surface area contributed by atoms with E-state index in [1.807, 2.05) is 36.4 Å². The molecule has 1 aliphatic rings. The third-order valence-electron chi connectivity index (χ3n) is 6.57. The van der Waals surface area contributed by atoms with Crippen molar-refractivity contribution in [2.45, 2.75) is 4.90 Å². The Morgan fingerprint density at radius 3 is 2.23 bits per heavy atom. The number of fused-ring (bicyclic) bond motifs is 1. The molecule has 1 aliphatic heterocycles. The first-order valence-electron chi connectivity index (χ1n) is 12.4. The van der Waals surface area contributed by atoms with E-state index >= 15 is 0 Å². The third kappa shape index (κ3) is 5.46. The molecule has 0 bridgehead atoms. The van der Waals surface area contributed by atoms with Gasteiger partial charge in [0.2, 0.25) is 0 Å². The van der Waals surface area contributed by atoms with Gasteiger partial charge in [0.1, 0.15) is 5.75 Å². The van der Waals surface area contributed by atoms with Gasteiger partial charge in [-0.15, -0.1) is 0 Å². The van der Waals surface area contributed by atoms with Crippen molar-refractivity contribution in [1.82, 2.24) is 14.8 Å². The molecule has 1 fully saturated rings. The number of amides is 2. The van der Waals surface area contributed by atoms with E-state index in [1.54, 1.807) is 34.2 Å². The first-order chi connectivity index (χ1) is 19.0. The maximum Gasteiger partial charge on any atom is 0.257 e. The van der Waals surface area contributed by atoms with Gasteiger partial charge in [-0.2, -0.15) is 0 Å². The highest BCUT2D eigenvalue weighted by Crippen LogP contribution is 2.31. The number of benzene rings is 3. The van der Waals surface area contributed by atoms with Crippen LogP contribution < -0.4 is 14.2 Å². The van der Waals surface area contributed by atoms with Gasteiger partial charge >= 0.3 is 0 Å². The molecule has 2 amide bonds. The number of hydrogen-bond acceptors (Lipinski definition) is 7. The van der Waals surface area contributed by atoms with Gasteiger partial charge in [0.25, 0.3) is 11.8 Å². The Kier molecular flexibility index (Phi) is 7.83. The van der Waals surface area contributed by atoms with Crippen LogP contribution in [-0.4, -0.2) is 67.0 Å². The van der Waals surface area contributed by atoms with Crippen molar-refractivity contribution in [2.24, 2.45) is 0 Å². The lowest BCUT2D eigenvalue weighted by atomic mass is 10.1. The molecular formula is C29H27FN4O4S. The Hall–Kier alpha value is -4.31. The van der Waals surface area contributed by atoms with Gasteiger partial charge in [0.05, 0.1) is 35.8 Å². The summed E-state index contributed by atoms with van der Waals surface area (Å²) in [6.45, 7) is 1.23. The third-order valence-corrected chi connectivity index (χ3v) is 7.46. The topological polar surface area (TPSA) is 84.0 Å². The summed E-state index contributed by atoms with van der Waals surface area (Å²) in [6.07, 6.45) is 1.77. The van der Waals surface area contributed by atoms with E-state index in [9.17, 15) is 14.0 Å². The molecule has 0 saturated carbocycles. The maximum absolute atomic E-state index is 14.6. The number of nitrogens with zero attached hydrogens (tertiary/aromatic N) is 3. The predicted molar refractivity (Wildman–Crippen MR) is 149 cm³/mol. The van der Waals surface area contributed by atoms with E-state index in [0.29, 0.717) is 37.5 Å². The van der Waals surface area contributed by atoms with Crippen molar-refractivity contribution in [3.63, 3.8) is 0 Å². The van der Waals surface area contributed by atoms with E-state index in [4.69, 9.17) is 9.47 Å². The number of carbonyl (C=O) groups excluding carboxylic acids is 2. The number of rotatable bonds is 7. The van der Waals surface area contributed by atoms with Crippen molar-refractivity contribution in [3.05, 3.63) is 89.9 Å². The Balaban J connectivity index is 1.23. The molecule has 1 N–H and O–H groups in total. The number of carbonyl (C=O) groups is 2. The summed E-state index contributed by atoms with van der Waals surface area (Å²) in [5.74, 6) is -0.836. The molecule has 0 spiro atoms. The van der Waals surface area contributed by atoms with E-state index in [-0.39, 0.29) is 17.2 Å². The van der Waals surface area contributed by atoms with Crippen LogP contribution in [0, 0.1) is 5.82 Å². The smallest absolute Gasteiger partial charge is 0.257 e. The standard InChI is InChI=1S/C29H27FN4O4S/c1-37-23-9-4-8-22(26(23)30)29(36)34-16-14-33(15-17-34)28(35)21-12-11-20(18-24(21)38-2)32-39-25-10-3-6-19-7-5-13-31-27(19)25/h3-13,18,32H,14-17H2,1-2H3. The summed E-state index contributed by atoms with van der Waals surface area (Å²) in [4.78, 5) is 34.9. The van der Waals surface area contributed by atoms with Gasteiger partial charge < -0.3 is 24.0 Å². The van der Waals surface area contributed by atoms with Gasteiger partial charge in [-0.25, -0.2) is 4.39 Å². The zero-order chi connectivity index (χ0) is 27.4. The number of piperazine rings is 1. The zero-order valence-electron chi connectivity index (χ0n) is 21.5. The second kappa shape index (κ2) is 11.6. The second-order valence-electron chi connectivity index (χ2n) is 8.86. The van der Waals surface area contributed by atoms with Gasteiger partial charge in [0, 0.05) is 49.5 Å². The summed E-state index contributed by atoms with van der Waals surface area (Å²) in [7, 11) is 2.88. The average molecular weight is 547 g/mol. The lowest BCUT2D eigenvalue weighted by molar-refractivity contribution is 0.0530. The van der Waals surface area contributed by atoms with Gasteiger partial charge in [-0.3, -0.25) is 14.6 Å². The Morgan fingerprint density at radius 1 is 0.846 bits per heavy atom. The highest BCUT2D eigenvalue weighted by molar-refractivity contribution is 8.00. The highest BCUT2D eigenvalue weighted by atomic mass is 32.2. The molecule has 1 aromatic heterocycles. The number of nitrogens with one attached hydrogen (secondary N) is 1. The van der Waals surface area contributed by atoms with Crippen molar-refractivity contribution in [3.8, 4) is 11.5 Å². The fraction of sp³-hybridized carbons (Fsp3) is 0.207. The Morgan fingerprint density at radius 2 is 1.51 bits per heavy atom. The minimum atomic E-state index is -0.684. The second-order valence-corrected chi connectivity index (χ2v) is 9.70. The van der Waals surface area contributed by atoms with Crippen LogP contribution in [0.5, 0.6) is 11.5 Å². The largest absolute Gasteiger partial charge is 0.496 e. The SMILES string of the molecule is COc1cc(NSc2cccc3cccnc23)ccc1C(=O)N1CCN(C(=O)c2cccc(OC)c2F)CC1. The molecule has 0 aliphatic carbocycles. The first kappa shape index (κ1) is 26.3. The molecule has 1 saturated heterocycles. The molecule has 2 heterocycles. The normalized spacial score (nSPS) is 13.3. The number of pyridine rings is 1. The molecule has 39 heavy (non-hydrogen) atoms. The van der Waals surface area contributed by atoms with E-state index < -0.39 is 11.7 Å². The van der Waals surface area contributed by atoms with Crippen LogP contribution in [0.15, 0.2) is 77.8 Å². The fourth-order valence-corrected chi connectivity index (χ4v) is 5.26. The van der Waals surface area contributed by atoms with Crippen LogP contribution in [0.1, 0.15) is 20.7 Å². The molecular weight excluding hydrogens is 519 g/mol. The van der Waals surface area contributed by atoms with Crippen LogP contribution in [-0.2, 0) is 0 Å². The molecule has 200 valence electrons. The van der Waals surface area contributed by atoms with Gasteiger partial charge in [0.15, 0.2) is 11.6 Å². The molecule has 0 unspecified atom stereocenters. The number of aromatic nitrogens is 1. The van der Waals surface area contributed by atoms with Crippen LogP contribution >= 0.6 is 11.9 Å². The summed E-state index contributed by atoms with van der Waals surface area (Å²) < 4.78 is 28.4. The number of anilines is 1. The van der Waals surface area contributed by atoms with Gasteiger partial charge in [-0.1, -0.05) is 24.3 Å². The quantitative estimate of drug-likeness (QED) is 0.323. The Labute approximate surface area is 229 Å². The van der Waals surface area contributed by atoms with Crippen molar-refractivity contribution in [1.29, 1.82) is 0 Å². The number of hydrogen-bond donors (Lipinski definition) is 1. The van der Waals surface area contributed by atoms with Crippen LogP contribution in [0.2, 0.25) is 0 Å². The summed E-state index contributed by atoms with van der Waals surface area (Å²) in [5, 5.41) is 1.05. The average Bonchev–Trinajstić information content (AvgIpc) is 2.99. The molecule has 8 nitrogen and oxygen atoms in total. The molecule has 0 atom stereocenters. The lowest BCUT2D eigenvalue weighted by Crippen LogP contribution is -2.50. The Bertz CT molecular complexity index is 1520. The minimum absolute atomic E-state index is 0.0203. The van der Waals surface area contributed by atoms with Crippen molar-refractivity contribution in [2.75, 3.05) is 45.1 Å². The minimum Gasteiger partial charge on any atom is -0.496 e. The number of ether oxygens (including phenoxy) is 2. The maximum atomic E-state index is 14.6. The van der Waals surface area contributed by atoms with Gasteiger partial charge in [-0.05, 0) is 48.3 Å². The van der Waals surface area contributed by atoms with Crippen molar-refractivity contribution < 1.29 is 23.5 Å². The molecule has 5 rings (SSSR count). The fourth-order valence-electron chi connectivity index (χ4n) is 4.49. The predicted octanol–water partition coefficient (Wildman–Crippen LogP) is 5.11. The van der Waals surface area contributed by atoms with Crippen LogP contribution in [0.25, 0.3) is 10.9 Å². The number of halogens is 1. The summed E-state index contributed by atoms with van der Waals surface area (Å²) in [5.41, 5.74) is 2.06. The van der Waals surface area contributed by atoms with E-state index in [0.717, 1.165) is 21.5 Å². The van der Waals surface area contributed by atoms with Crippen LogP contribution in [0.3, 0.4) is 0 Å². The lowest BCUT2D eigenvalue weighted by Gasteiger charge is -2.35. The summed E-state index contributed by atoms with van der Waals surface area (Å²) in [6, 6.07) is 19.7. The first-order valence-corrected chi connectivity index (χ1v) is 13.2. The molecule has 0 radical (unpaired) electrons. The number of methoxy groups -OCH3 is 2. The summed E-state index contributed by atoms with van der Waals surface area (Å²) >= 11 is 1.43. The van der Waals surface area contributed by atoms with E-state index in [1.165, 1.54) is 38.3 Å².